The largest absolute Gasteiger partial charge is 0.327 e. The van der Waals surface area contributed by atoms with Crippen LogP contribution < -0.4 is 5.73 Å². The predicted molar refractivity (Wildman–Crippen MR) is 71.0 cm³/mol. The molecule has 0 fully saturated rings. The standard InChI is InChI=1S/C12H15BrClN/c1-8(2)10(7-15)5-9-6-11(13)3-4-12(9)14/h3-6,8H,7,15H2,1-2H3/b10-5+. The maximum atomic E-state index is 6.10. The van der Waals surface area contributed by atoms with Gasteiger partial charge in [-0.1, -0.05) is 53.0 Å². The zero-order valence-electron chi connectivity index (χ0n) is 8.93. The maximum Gasteiger partial charge on any atom is 0.0479 e. The topological polar surface area (TPSA) is 26.0 Å². The number of rotatable bonds is 3. The minimum Gasteiger partial charge on any atom is -0.327 e. The third kappa shape index (κ3) is 3.63. The van der Waals surface area contributed by atoms with Crippen LogP contribution in [0.4, 0.5) is 0 Å². The van der Waals surface area contributed by atoms with Gasteiger partial charge in [0.05, 0.1) is 0 Å². The van der Waals surface area contributed by atoms with Gasteiger partial charge in [-0.3, -0.25) is 0 Å². The Balaban J connectivity index is 3.10. The lowest BCUT2D eigenvalue weighted by molar-refractivity contribution is 0.753. The zero-order valence-corrected chi connectivity index (χ0v) is 11.3. The van der Waals surface area contributed by atoms with E-state index in [2.05, 4.69) is 35.9 Å². The van der Waals surface area contributed by atoms with Crippen LogP contribution in [0, 0.1) is 5.92 Å². The molecule has 0 unspecified atom stereocenters. The highest BCUT2D eigenvalue weighted by Gasteiger charge is 2.03. The van der Waals surface area contributed by atoms with E-state index in [1.807, 2.05) is 18.2 Å². The van der Waals surface area contributed by atoms with E-state index in [9.17, 15) is 0 Å². The molecule has 0 aliphatic heterocycles. The average molecular weight is 289 g/mol. The molecule has 82 valence electrons. The summed E-state index contributed by atoms with van der Waals surface area (Å²) < 4.78 is 1.03. The number of benzene rings is 1. The molecule has 1 nitrogen and oxygen atoms in total. The van der Waals surface area contributed by atoms with E-state index < -0.39 is 0 Å². The Hall–Kier alpha value is -0.310. The Labute approximate surface area is 104 Å². The molecule has 0 atom stereocenters. The van der Waals surface area contributed by atoms with Crippen molar-refractivity contribution in [2.45, 2.75) is 13.8 Å². The molecule has 0 saturated heterocycles. The van der Waals surface area contributed by atoms with Crippen molar-refractivity contribution < 1.29 is 0 Å². The van der Waals surface area contributed by atoms with Crippen LogP contribution in [0.5, 0.6) is 0 Å². The van der Waals surface area contributed by atoms with Crippen LogP contribution in [0.1, 0.15) is 19.4 Å². The second-order valence-electron chi connectivity index (χ2n) is 3.74. The van der Waals surface area contributed by atoms with Crippen LogP contribution in [-0.2, 0) is 0 Å². The molecule has 0 bridgehead atoms. The van der Waals surface area contributed by atoms with E-state index in [0.29, 0.717) is 12.5 Å². The fraction of sp³-hybridized carbons (Fsp3) is 0.333. The molecule has 0 saturated carbocycles. The summed E-state index contributed by atoms with van der Waals surface area (Å²) in [6.07, 6.45) is 2.07. The Bertz CT molecular complexity index is 372. The van der Waals surface area contributed by atoms with Crippen molar-refractivity contribution in [1.82, 2.24) is 0 Å². The molecule has 0 radical (unpaired) electrons. The van der Waals surface area contributed by atoms with Gasteiger partial charge < -0.3 is 5.73 Å². The van der Waals surface area contributed by atoms with Crippen LogP contribution in [-0.4, -0.2) is 6.54 Å². The maximum absolute atomic E-state index is 6.10. The molecule has 1 rings (SSSR count). The lowest BCUT2D eigenvalue weighted by Crippen LogP contribution is -2.08. The van der Waals surface area contributed by atoms with Crippen molar-refractivity contribution in [1.29, 1.82) is 0 Å². The van der Waals surface area contributed by atoms with Gasteiger partial charge in [0.15, 0.2) is 0 Å². The van der Waals surface area contributed by atoms with Crippen molar-refractivity contribution in [3.63, 3.8) is 0 Å². The van der Waals surface area contributed by atoms with Crippen molar-refractivity contribution in [3.05, 3.63) is 38.8 Å². The molecular formula is C12H15BrClN. The molecule has 3 heteroatoms. The first-order valence-corrected chi connectivity index (χ1v) is 6.07. The van der Waals surface area contributed by atoms with Gasteiger partial charge in [0.1, 0.15) is 0 Å². The summed E-state index contributed by atoms with van der Waals surface area (Å²) in [7, 11) is 0. The second kappa shape index (κ2) is 5.69. The molecule has 0 amide bonds. The van der Waals surface area contributed by atoms with Gasteiger partial charge in [0.25, 0.3) is 0 Å². The van der Waals surface area contributed by atoms with E-state index in [0.717, 1.165) is 15.1 Å². The quantitative estimate of drug-likeness (QED) is 0.890. The molecule has 2 N–H and O–H groups in total. The van der Waals surface area contributed by atoms with E-state index >= 15 is 0 Å². The third-order valence-corrected chi connectivity index (χ3v) is 3.11. The summed E-state index contributed by atoms with van der Waals surface area (Å²) in [5.74, 6) is 0.449. The lowest BCUT2D eigenvalue weighted by atomic mass is 10.0. The van der Waals surface area contributed by atoms with Crippen LogP contribution in [0.25, 0.3) is 6.08 Å². The smallest absolute Gasteiger partial charge is 0.0479 e. The molecule has 0 heterocycles. The van der Waals surface area contributed by atoms with Crippen LogP contribution in [0.15, 0.2) is 28.2 Å². The monoisotopic (exact) mass is 287 g/mol. The van der Waals surface area contributed by atoms with Gasteiger partial charge in [0.2, 0.25) is 0 Å². The van der Waals surface area contributed by atoms with Crippen LogP contribution in [0.2, 0.25) is 5.02 Å². The summed E-state index contributed by atoms with van der Waals surface area (Å²) in [4.78, 5) is 0. The highest BCUT2D eigenvalue weighted by atomic mass is 79.9. The van der Waals surface area contributed by atoms with Gasteiger partial charge in [-0.05, 0) is 29.7 Å². The second-order valence-corrected chi connectivity index (χ2v) is 5.07. The lowest BCUT2D eigenvalue weighted by Gasteiger charge is -2.09. The SMILES string of the molecule is CC(C)/C(=C/c1cc(Br)ccc1Cl)CN. The minimum absolute atomic E-state index is 0.449. The summed E-state index contributed by atoms with van der Waals surface area (Å²) in [5, 5.41) is 0.754. The van der Waals surface area contributed by atoms with Crippen molar-refractivity contribution >= 4 is 33.6 Å². The molecule has 0 aromatic heterocycles. The summed E-state index contributed by atoms with van der Waals surface area (Å²) in [5.41, 5.74) is 7.90. The van der Waals surface area contributed by atoms with Crippen molar-refractivity contribution in [2.75, 3.05) is 6.54 Å². The number of halogens is 2. The van der Waals surface area contributed by atoms with Crippen molar-refractivity contribution in [3.8, 4) is 0 Å². The Morgan fingerprint density at radius 3 is 2.73 bits per heavy atom. The van der Waals surface area contributed by atoms with E-state index in [-0.39, 0.29) is 0 Å². The van der Waals surface area contributed by atoms with Gasteiger partial charge in [-0.2, -0.15) is 0 Å². The normalized spacial score (nSPS) is 12.3. The first-order chi connectivity index (χ1) is 7.04. The molecule has 0 spiro atoms. The summed E-state index contributed by atoms with van der Waals surface area (Å²) >= 11 is 9.52. The molecule has 1 aromatic rings. The molecule has 0 aliphatic rings. The van der Waals surface area contributed by atoms with Gasteiger partial charge >= 0.3 is 0 Å². The number of hydrogen-bond donors (Lipinski definition) is 1. The fourth-order valence-corrected chi connectivity index (χ4v) is 1.84. The first-order valence-electron chi connectivity index (χ1n) is 4.90. The Morgan fingerprint density at radius 2 is 2.20 bits per heavy atom. The average Bonchev–Trinajstić information content (AvgIpc) is 2.18. The van der Waals surface area contributed by atoms with E-state index in [1.165, 1.54) is 5.57 Å². The highest BCUT2D eigenvalue weighted by molar-refractivity contribution is 9.10. The Morgan fingerprint density at radius 1 is 1.53 bits per heavy atom. The molecular weight excluding hydrogens is 273 g/mol. The molecule has 15 heavy (non-hydrogen) atoms. The fourth-order valence-electron chi connectivity index (χ4n) is 1.29. The minimum atomic E-state index is 0.449. The predicted octanol–water partition coefficient (Wildman–Crippen LogP) is 4.10. The van der Waals surface area contributed by atoms with Crippen LogP contribution in [0.3, 0.4) is 0 Å². The zero-order chi connectivity index (χ0) is 11.4. The van der Waals surface area contributed by atoms with Gasteiger partial charge in [-0.25, -0.2) is 0 Å². The highest BCUT2D eigenvalue weighted by Crippen LogP contribution is 2.24. The number of nitrogens with two attached hydrogens (primary N) is 1. The van der Waals surface area contributed by atoms with Crippen LogP contribution >= 0.6 is 27.5 Å². The number of hydrogen-bond acceptors (Lipinski definition) is 1. The van der Waals surface area contributed by atoms with E-state index in [4.69, 9.17) is 17.3 Å². The van der Waals surface area contributed by atoms with Crippen molar-refractivity contribution in [2.24, 2.45) is 11.7 Å². The molecule has 0 aliphatic carbocycles. The van der Waals surface area contributed by atoms with Gasteiger partial charge in [0, 0.05) is 16.0 Å². The summed E-state index contributed by atoms with van der Waals surface area (Å²) in [6.45, 7) is 4.83. The first kappa shape index (κ1) is 12.8. The summed E-state index contributed by atoms with van der Waals surface area (Å²) in [6, 6.07) is 5.81. The third-order valence-electron chi connectivity index (χ3n) is 2.28. The Kier molecular flexibility index (Phi) is 4.84. The molecule has 1 aromatic carbocycles. The van der Waals surface area contributed by atoms with E-state index in [1.54, 1.807) is 0 Å². The van der Waals surface area contributed by atoms with Gasteiger partial charge in [-0.15, -0.1) is 0 Å².